The molecule has 2 saturated heterocycles. The molecule has 0 spiro atoms. The molecule has 2 heterocycles. The maximum atomic E-state index is 12.4. The summed E-state index contributed by atoms with van der Waals surface area (Å²) >= 11 is 3.42. The van der Waals surface area contributed by atoms with Crippen molar-refractivity contribution in [1.29, 1.82) is 0 Å². The van der Waals surface area contributed by atoms with E-state index in [4.69, 9.17) is 0 Å². The quantitative estimate of drug-likeness (QED) is 0.863. The van der Waals surface area contributed by atoms with Crippen LogP contribution >= 0.6 is 15.9 Å². The van der Waals surface area contributed by atoms with E-state index in [1.54, 1.807) is 0 Å². The molecule has 0 radical (unpaired) electrons. The number of fused-ring (bicyclic) bond motifs is 1. The number of carbonyl (C=O) groups is 1. The third-order valence-electron chi connectivity index (χ3n) is 3.96. The van der Waals surface area contributed by atoms with Crippen molar-refractivity contribution in [2.75, 3.05) is 19.6 Å². The number of hydrogen-bond donors (Lipinski definition) is 1. The fourth-order valence-corrected chi connectivity index (χ4v) is 3.42. The van der Waals surface area contributed by atoms with Crippen molar-refractivity contribution >= 4 is 21.8 Å². The number of nitrogens with zero attached hydrogens (tertiary/aromatic N) is 1. The molecule has 0 aliphatic carbocycles. The molecule has 2 atom stereocenters. The van der Waals surface area contributed by atoms with Gasteiger partial charge in [-0.25, -0.2) is 0 Å². The lowest BCUT2D eigenvalue weighted by atomic mass is 9.94. The van der Waals surface area contributed by atoms with E-state index >= 15 is 0 Å². The van der Waals surface area contributed by atoms with Crippen molar-refractivity contribution < 1.29 is 4.79 Å². The third-order valence-corrected chi connectivity index (χ3v) is 4.45. The SMILES string of the molecule is O=C(c1cccc(Br)c1)N1C[C@@H]2CCCN[C@@H]2C1. The summed E-state index contributed by atoms with van der Waals surface area (Å²) in [5.41, 5.74) is 0.781. The van der Waals surface area contributed by atoms with Crippen molar-refractivity contribution in [1.82, 2.24) is 10.2 Å². The van der Waals surface area contributed by atoms with Gasteiger partial charge in [0.25, 0.3) is 5.91 Å². The number of nitrogens with one attached hydrogen (secondary N) is 1. The second-order valence-electron chi connectivity index (χ2n) is 5.18. The van der Waals surface area contributed by atoms with Gasteiger partial charge in [-0.3, -0.25) is 4.79 Å². The second kappa shape index (κ2) is 5.02. The van der Waals surface area contributed by atoms with Crippen molar-refractivity contribution in [3.8, 4) is 0 Å². The molecule has 3 rings (SSSR count). The smallest absolute Gasteiger partial charge is 0.253 e. The number of rotatable bonds is 1. The van der Waals surface area contributed by atoms with Crippen LogP contribution in [-0.2, 0) is 0 Å². The minimum atomic E-state index is 0.160. The molecule has 0 unspecified atom stereocenters. The molecule has 1 amide bonds. The van der Waals surface area contributed by atoms with E-state index in [0.29, 0.717) is 12.0 Å². The summed E-state index contributed by atoms with van der Waals surface area (Å²) in [6, 6.07) is 8.16. The summed E-state index contributed by atoms with van der Waals surface area (Å²) in [6.45, 7) is 2.86. The number of amides is 1. The fourth-order valence-electron chi connectivity index (χ4n) is 3.02. The molecule has 1 N–H and O–H groups in total. The molecule has 2 fully saturated rings. The van der Waals surface area contributed by atoms with E-state index in [-0.39, 0.29) is 5.91 Å². The number of likely N-dealkylation sites (tertiary alicyclic amines) is 1. The molecule has 0 bridgehead atoms. The maximum absolute atomic E-state index is 12.4. The molecular weight excluding hydrogens is 292 g/mol. The van der Waals surface area contributed by atoms with Crippen LogP contribution in [0.1, 0.15) is 23.2 Å². The van der Waals surface area contributed by atoms with Crippen LogP contribution in [0.5, 0.6) is 0 Å². The Labute approximate surface area is 116 Å². The van der Waals surface area contributed by atoms with Crippen molar-refractivity contribution in [3.63, 3.8) is 0 Å². The highest BCUT2D eigenvalue weighted by Gasteiger charge is 2.36. The van der Waals surface area contributed by atoms with Crippen LogP contribution in [0.4, 0.5) is 0 Å². The molecule has 18 heavy (non-hydrogen) atoms. The molecule has 0 aromatic heterocycles. The van der Waals surface area contributed by atoms with Crippen LogP contribution in [0.25, 0.3) is 0 Å². The van der Waals surface area contributed by atoms with Gasteiger partial charge < -0.3 is 10.2 Å². The standard InChI is InChI=1S/C14H17BrN2O/c15-12-5-1-3-10(7-12)14(18)17-8-11-4-2-6-16-13(11)9-17/h1,3,5,7,11,13,16H,2,4,6,8-9H2/t11-,13+/m0/s1. The Morgan fingerprint density at radius 2 is 2.28 bits per heavy atom. The van der Waals surface area contributed by atoms with Crippen LogP contribution in [0, 0.1) is 5.92 Å². The second-order valence-corrected chi connectivity index (χ2v) is 6.10. The van der Waals surface area contributed by atoms with E-state index in [9.17, 15) is 4.79 Å². The molecule has 0 saturated carbocycles. The molecule has 1 aromatic carbocycles. The van der Waals surface area contributed by atoms with Gasteiger partial charge >= 0.3 is 0 Å². The summed E-state index contributed by atoms with van der Waals surface area (Å²) in [5.74, 6) is 0.808. The zero-order valence-electron chi connectivity index (χ0n) is 10.2. The first-order valence-electron chi connectivity index (χ1n) is 6.52. The topological polar surface area (TPSA) is 32.3 Å². The van der Waals surface area contributed by atoms with Gasteiger partial charge in [-0.15, -0.1) is 0 Å². The molecule has 96 valence electrons. The van der Waals surface area contributed by atoms with Crippen molar-refractivity contribution in [2.24, 2.45) is 5.92 Å². The van der Waals surface area contributed by atoms with Gasteiger partial charge in [0.1, 0.15) is 0 Å². The highest BCUT2D eigenvalue weighted by molar-refractivity contribution is 9.10. The van der Waals surface area contributed by atoms with Gasteiger partial charge in [-0.1, -0.05) is 22.0 Å². The maximum Gasteiger partial charge on any atom is 0.253 e. The summed E-state index contributed by atoms with van der Waals surface area (Å²) in [7, 11) is 0. The van der Waals surface area contributed by atoms with Gasteiger partial charge in [0.15, 0.2) is 0 Å². The predicted molar refractivity (Wildman–Crippen MR) is 74.6 cm³/mol. The average Bonchev–Trinajstić information content (AvgIpc) is 2.81. The first-order chi connectivity index (χ1) is 8.74. The van der Waals surface area contributed by atoms with Crippen LogP contribution in [0.15, 0.2) is 28.7 Å². The van der Waals surface area contributed by atoms with E-state index in [2.05, 4.69) is 21.2 Å². The molecule has 2 aliphatic rings. The lowest BCUT2D eigenvalue weighted by molar-refractivity contribution is 0.0785. The summed E-state index contributed by atoms with van der Waals surface area (Å²) < 4.78 is 0.961. The van der Waals surface area contributed by atoms with Crippen LogP contribution in [0.3, 0.4) is 0 Å². The average molecular weight is 309 g/mol. The zero-order chi connectivity index (χ0) is 12.5. The number of hydrogen-bond acceptors (Lipinski definition) is 2. The molecule has 4 heteroatoms. The first kappa shape index (κ1) is 12.2. The van der Waals surface area contributed by atoms with Crippen molar-refractivity contribution in [3.05, 3.63) is 34.3 Å². The number of benzene rings is 1. The van der Waals surface area contributed by atoms with E-state index < -0.39 is 0 Å². The minimum absolute atomic E-state index is 0.160. The van der Waals surface area contributed by atoms with E-state index in [0.717, 1.165) is 29.7 Å². The van der Waals surface area contributed by atoms with E-state index in [1.165, 1.54) is 12.8 Å². The Hall–Kier alpha value is -0.870. The van der Waals surface area contributed by atoms with Gasteiger partial charge in [0.05, 0.1) is 0 Å². The Bertz CT molecular complexity index is 449. The zero-order valence-corrected chi connectivity index (χ0v) is 11.8. The molecule has 2 aliphatic heterocycles. The fraction of sp³-hybridized carbons (Fsp3) is 0.500. The van der Waals surface area contributed by atoms with Gasteiger partial charge in [0, 0.05) is 29.2 Å². The first-order valence-corrected chi connectivity index (χ1v) is 7.31. The Balaban J connectivity index is 1.74. The largest absolute Gasteiger partial charge is 0.337 e. The minimum Gasteiger partial charge on any atom is -0.337 e. The monoisotopic (exact) mass is 308 g/mol. The summed E-state index contributed by atoms with van der Waals surface area (Å²) in [6.07, 6.45) is 2.49. The Morgan fingerprint density at radius 3 is 3.06 bits per heavy atom. The normalized spacial score (nSPS) is 27.1. The van der Waals surface area contributed by atoms with Gasteiger partial charge in [-0.05, 0) is 43.5 Å². The molecular formula is C14H17BrN2O. The highest BCUT2D eigenvalue weighted by atomic mass is 79.9. The van der Waals surface area contributed by atoms with Crippen molar-refractivity contribution in [2.45, 2.75) is 18.9 Å². The van der Waals surface area contributed by atoms with Crippen LogP contribution < -0.4 is 5.32 Å². The summed E-state index contributed by atoms with van der Waals surface area (Å²) in [5, 5.41) is 3.53. The third kappa shape index (κ3) is 2.31. The lowest BCUT2D eigenvalue weighted by Crippen LogP contribution is -2.41. The number of piperidine rings is 1. The molecule has 1 aromatic rings. The Kier molecular flexibility index (Phi) is 3.39. The predicted octanol–water partition coefficient (Wildman–Crippen LogP) is 2.27. The number of carbonyl (C=O) groups excluding carboxylic acids is 1. The Morgan fingerprint density at radius 1 is 1.39 bits per heavy atom. The van der Waals surface area contributed by atoms with Crippen LogP contribution in [0.2, 0.25) is 0 Å². The van der Waals surface area contributed by atoms with E-state index in [1.807, 2.05) is 29.2 Å². The molecule has 3 nitrogen and oxygen atoms in total. The number of halogens is 1. The lowest BCUT2D eigenvalue weighted by Gasteiger charge is -2.24. The van der Waals surface area contributed by atoms with Crippen LogP contribution in [-0.4, -0.2) is 36.5 Å². The summed E-state index contributed by atoms with van der Waals surface area (Å²) in [4.78, 5) is 14.4. The highest BCUT2D eigenvalue weighted by Crippen LogP contribution is 2.26. The van der Waals surface area contributed by atoms with Gasteiger partial charge in [0.2, 0.25) is 0 Å². The van der Waals surface area contributed by atoms with Gasteiger partial charge in [-0.2, -0.15) is 0 Å².